The van der Waals surface area contributed by atoms with Gasteiger partial charge in [-0.1, -0.05) is 0 Å². The highest BCUT2D eigenvalue weighted by atomic mass is 19.4. The Bertz CT molecular complexity index is 1780. The van der Waals surface area contributed by atoms with Crippen molar-refractivity contribution in [2.45, 2.75) is 19.0 Å². The second-order valence-corrected chi connectivity index (χ2v) is 11.4. The van der Waals surface area contributed by atoms with Gasteiger partial charge in [0.1, 0.15) is 18.0 Å². The summed E-state index contributed by atoms with van der Waals surface area (Å²) >= 11 is 0. The highest BCUT2D eigenvalue weighted by Gasteiger charge is 2.37. The van der Waals surface area contributed by atoms with Gasteiger partial charge in [0, 0.05) is 69.3 Å². The number of aromatic amines is 1. The molecule has 2 aliphatic rings. The Morgan fingerprint density at radius 2 is 1.77 bits per heavy atom. The lowest BCUT2D eigenvalue weighted by molar-refractivity contribution is -0.137. The van der Waals surface area contributed by atoms with E-state index < -0.39 is 29.0 Å². The van der Waals surface area contributed by atoms with Gasteiger partial charge in [-0.15, -0.1) is 10.2 Å². The molecule has 47 heavy (non-hydrogen) atoms. The lowest BCUT2D eigenvalue weighted by atomic mass is 9.95. The smallest absolute Gasteiger partial charge is 0.367 e. The number of rotatable bonds is 8. The summed E-state index contributed by atoms with van der Waals surface area (Å²) in [6, 6.07) is 8.24. The second kappa shape index (κ2) is 13.3. The number of amides is 1. The SMILES string of the molecule is NC(=O)c1nncnc1Nc1ccc(N2CCN(CC3CCN(c4ncc(-c5ccc(=O)[nH]n5)cc4C(F)(F)F)CC3)CC2)c(F)c1. The van der Waals surface area contributed by atoms with Crippen LogP contribution in [0.1, 0.15) is 28.9 Å². The summed E-state index contributed by atoms with van der Waals surface area (Å²) in [6.45, 7) is 4.34. The van der Waals surface area contributed by atoms with Crippen molar-refractivity contribution in [1.82, 2.24) is 35.3 Å². The number of nitrogens with zero attached hydrogens (tertiary/aromatic N) is 8. The minimum atomic E-state index is -4.61. The van der Waals surface area contributed by atoms with Gasteiger partial charge in [-0.05, 0) is 49.1 Å². The largest absolute Gasteiger partial charge is 0.419 e. The fourth-order valence-corrected chi connectivity index (χ4v) is 5.94. The molecule has 0 saturated carbocycles. The van der Waals surface area contributed by atoms with E-state index in [4.69, 9.17) is 5.73 Å². The number of hydrogen-bond donors (Lipinski definition) is 3. The van der Waals surface area contributed by atoms with Gasteiger partial charge in [-0.2, -0.15) is 18.3 Å². The maximum atomic E-state index is 15.1. The molecule has 4 aromatic rings. The van der Waals surface area contributed by atoms with Crippen LogP contribution >= 0.6 is 0 Å². The van der Waals surface area contributed by atoms with E-state index in [-0.39, 0.29) is 28.6 Å². The lowest BCUT2D eigenvalue weighted by Crippen LogP contribution is -2.49. The van der Waals surface area contributed by atoms with Crippen LogP contribution in [0.5, 0.6) is 0 Å². The molecule has 17 heteroatoms. The Kier molecular flexibility index (Phi) is 8.97. The van der Waals surface area contributed by atoms with E-state index in [2.05, 4.69) is 40.6 Å². The van der Waals surface area contributed by atoms with Crippen LogP contribution in [-0.4, -0.2) is 87.0 Å². The Morgan fingerprint density at radius 1 is 1.00 bits per heavy atom. The molecule has 13 nitrogen and oxygen atoms in total. The number of H-pyrrole nitrogens is 1. The molecule has 4 N–H and O–H groups in total. The van der Waals surface area contributed by atoms with Crippen molar-refractivity contribution in [3.8, 4) is 11.3 Å². The molecule has 5 heterocycles. The Hall–Kier alpha value is -5.19. The molecular weight excluding hydrogens is 622 g/mol. The number of halogens is 4. The average molecular weight is 654 g/mol. The van der Waals surface area contributed by atoms with Gasteiger partial charge in [-0.3, -0.25) is 14.5 Å². The zero-order valence-corrected chi connectivity index (χ0v) is 25.0. The number of hydrogen-bond acceptors (Lipinski definition) is 11. The van der Waals surface area contributed by atoms with Gasteiger partial charge in [-0.25, -0.2) is 19.5 Å². The summed E-state index contributed by atoms with van der Waals surface area (Å²) in [5, 5.41) is 16.1. The number of carbonyl (C=O) groups is 1. The van der Waals surface area contributed by atoms with Crippen molar-refractivity contribution < 1.29 is 22.4 Å². The summed E-state index contributed by atoms with van der Waals surface area (Å²) in [4.78, 5) is 37.0. The van der Waals surface area contributed by atoms with E-state index in [1.165, 1.54) is 24.4 Å². The minimum Gasteiger partial charge on any atom is -0.367 e. The molecule has 0 radical (unpaired) electrons. The monoisotopic (exact) mass is 653 g/mol. The van der Waals surface area contributed by atoms with E-state index in [0.29, 0.717) is 69.4 Å². The van der Waals surface area contributed by atoms with Crippen LogP contribution in [0, 0.1) is 11.7 Å². The molecule has 0 aliphatic carbocycles. The first-order chi connectivity index (χ1) is 22.5. The van der Waals surface area contributed by atoms with E-state index >= 15 is 4.39 Å². The quantitative estimate of drug-likeness (QED) is 0.240. The van der Waals surface area contributed by atoms with E-state index in [0.717, 1.165) is 18.9 Å². The summed E-state index contributed by atoms with van der Waals surface area (Å²) in [7, 11) is 0. The van der Waals surface area contributed by atoms with Crippen molar-refractivity contribution in [1.29, 1.82) is 0 Å². The van der Waals surface area contributed by atoms with Crippen LogP contribution in [0.15, 0.2) is 53.7 Å². The molecule has 6 rings (SSSR count). The summed E-state index contributed by atoms with van der Waals surface area (Å²) in [5.41, 5.74) is 5.05. The predicted octanol–water partition coefficient (Wildman–Crippen LogP) is 3.06. The van der Waals surface area contributed by atoms with Crippen molar-refractivity contribution in [2.75, 3.05) is 60.9 Å². The molecule has 0 unspecified atom stereocenters. The number of carbonyl (C=O) groups excluding carboxylic acids is 1. The standard InChI is InChI=1S/C30H31F4N11O2/c31-22-14-20(39-28-26(27(35)47)42-38-17-37-28)1-3-24(22)44-11-9-43(10-12-44)16-18-5-7-45(8-6-18)29-21(30(32,33)34)13-19(15-36-29)23-2-4-25(46)41-40-23/h1-4,13-15,17-18H,5-12,16H2,(H2,35,47)(H,41,46)(H,37,38,39). The molecule has 1 amide bonds. The van der Waals surface area contributed by atoms with Gasteiger partial charge in [0.15, 0.2) is 11.5 Å². The number of piperidine rings is 1. The lowest BCUT2D eigenvalue weighted by Gasteiger charge is -2.40. The van der Waals surface area contributed by atoms with Crippen molar-refractivity contribution >= 4 is 28.9 Å². The predicted molar refractivity (Wildman–Crippen MR) is 165 cm³/mol. The summed E-state index contributed by atoms with van der Waals surface area (Å²) in [5.74, 6) is -0.972. The van der Waals surface area contributed by atoms with Crippen LogP contribution in [0.25, 0.3) is 11.3 Å². The van der Waals surface area contributed by atoms with Gasteiger partial charge < -0.3 is 20.9 Å². The molecular formula is C30H31F4N11O2. The van der Waals surface area contributed by atoms with Crippen LogP contribution in [-0.2, 0) is 6.18 Å². The van der Waals surface area contributed by atoms with Gasteiger partial charge in [0.2, 0.25) is 0 Å². The number of piperazine rings is 1. The molecule has 0 atom stereocenters. The molecule has 246 valence electrons. The third-order valence-corrected chi connectivity index (χ3v) is 8.35. The maximum Gasteiger partial charge on any atom is 0.419 e. The van der Waals surface area contributed by atoms with Crippen molar-refractivity contribution in [3.63, 3.8) is 0 Å². The molecule has 0 bridgehead atoms. The third-order valence-electron chi connectivity index (χ3n) is 8.35. The number of pyridine rings is 1. The second-order valence-electron chi connectivity index (χ2n) is 11.4. The maximum absolute atomic E-state index is 15.1. The molecule has 2 aliphatic heterocycles. The first-order valence-corrected chi connectivity index (χ1v) is 14.9. The first-order valence-electron chi connectivity index (χ1n) is 14.9. The summed E-state index contributed by atoms with van der Waals surface area (Å²) < 4.78 is 57.4. The number of anilines is 4. The van der Waals surface area contributed by atoms with Crippen molar-refractivity contribution in [3.05, 3.63) is 76.4 Å². The average Bonchev–Trinajstić information content (AvgIpc) is 3.06. The zero-order valence-electron chi connectivity index (χ0n) is 25.0. The number of aromatic nitrogens is 6. The van der Waals surface area contributed by atoms with Gasteiger partial charge in [0.05, 0.1) is 16.9 Å². The van der Waals surface area contributed by atoms with E-state index in [9.17, 15) is 22.8 Å². The first kappa shape index (κ1) is 31.8. The Labute approximate surface area is 265 Å². The molecule has 1 aromatic carbocycles. The normalized spacial score (nSPS) is 16.3. The fourth-order valence-electron chi connectivity index (χ4n) is 5.94. The topological polar surface area (TPSA) is 162 Å². The van der Waals surface area contributed by atoms with Crippen LogP contribution in [0.3, 0.4) is 0 Å². The fraction of sp³-hybridized carbons (Fsp3) is 0.367. The van der Waals surface area contributed by atoms with Gasteiger partial charge >= 0.3 is 6.18 Å². The Morgan fingerprint density at radius 3 is 2.43 bits per heavy atom. The molecule has 0 spiro atoms. The number of benzene rings is 1. The zero-order chi connectivity index (χ0) is 33.1. The number of primary amides is 1. The van der Waals surface area contributed by atoms with E-state index in [1.54, 1.807) is 17.0 Å². The minimum absolute atomic E-state index is 0.0780. The molecule has 3 aromatic heterocycles. The molecule has 2 saturated heterocycles. The van der Waals surface area contributed by atoms with Gasteiger partial charge in [0.25, 0.3) is 11.5 Å². The van der Waals surface area contributed by atoms with E-state index in [1.807, 2.05) is 4.90 Å². The third kappa shape index (κ3) is 7.29. The molecule has 2 fully saturated rings. The van der Waals surface area contributed by atoms with Crippen LogP contribution in [0.4, 0.5) is 40.6 Å². The Balaban J connectivity index is 1.02. The highest BCUT2D eigenvalue weighted by molar-refractivity contribution is 5.95. The number of nitrogens with two attached hydrogens (primary N) is 1. The summed E-state index contributed by atoms with van der Waals surface area (Å²) in [6.07, 6.45) is -0.691. The number of alkyl halides is 3. The highest BCUT2D eigenvalue weighted by Crippen LogP contribution is 2.38. The number of nitrogens with one attached hydrogen (secondary N) is 2. The van der Waals surface area contributed by atoms with Crippen LogP contribution in [0.2, 0.25) is 0 Å². The van der Waals surface area contributed by atoms with Crippen molar-refractivity contribution in [2.24, 2.45) is 11.7 Å². The van der Waals surface area contributed by atoms with Crippen LogP contribution < -0.4 is 26.4 Å².